The number of phenols is 2. The highest BCUT2D eigenvalue weighted by Gasteiger charge is 2.44. The minimum atomic E-state index is -1.57. The molecule has 0 aliphatic carbocycles. The Hall–Kier alpha value is -3.23. The van der Waals surface area contributed by atoms with Crippen LogP contribution in [0, 0.1) is 0 Å². The number of ether oxygens (including phenoxy) is 2. The van der Waals surface area contributed by atoms with Crippen LogP contribution in [0.15, 0.2) is 39.7 Å². The van der Waals surface area contributed by atoms with Gasteiger partial charge in [0.15, 0.2) is 0 Å². The third-order valence-corrected chi connectivity index (χ3v) is 9.29. The molecule has 45 heavy (non-hydrogen) atoms. The number of likely N-dealkylation sites (tertiary alicyclic amines) is 2. The van der Waals surface area contributed by atoms with Gasteiger partial charge in [0.05, 0.1) is 23.3 Å². The van der Waals surface area contributed by atoms with E-state index in [2.05, 4.69) is 9.80 Å². The average Bonchev–Trinajstić information content (AvgIpc) is 3.06. The number of hydrogen-bond donors (Lipinski definition) is 6. The zero-order chi connectivity index (χ0) is 31.7. The highest BCUT2D eigenvalue weighted by atomic mass is 16.7. The first kappa shape index (κ1) is 31.7. The van der Waals surface area contributed by atoms with Gasteiger partial charge in [-0.3, -0.25) is 14.6 Å². The smallest absolute Gasteiger partial charge is 0.229 e. The second kappa shape index (κ2) is 13.6. The van der Waals surface area contributed by atoms with Crippen LogP contribution in [-0.4, -0.2) is 104 Å². The van der Waals surface area contributed by atoms with Gasteiger partial charge in [-0.2, -0.15) is 0 Å². The molecule has 3 aliphatic rings. The maximum absolute atomic E-state index is 14.0. The van der Waals surface area contributed by atoms with Gasteiger partial charge in [0.1, 0.15) is 58.9 Å². The average molecular weight is 627 g/mol. The van der Waals surface area contributed by atoms with E-state index in [1.165, 1.54) is 6.26 Å². The Morgan fingerprint density at radius 2 is 1.38 bits per heavy atom. The summed E-state index contributed by atoms with van der Waals surface area (Å²) >= 11 is 0. The van der Waals surface area contributed by atoms with Crippen molar-refractivity contribution >= 4 is 11.0 Å². The van der Waals surface area contributed by atoms with E-state index in [9.17, 15) is 35.4 Å². The predicted octanol–water partition coefficient (Wildman–Crippen LogP) is 2.02. The van der Waals surface area contributed by atoms with Gasteiger partial charge < -0.3 is 44.5 Å². The molecule has 4 heterocycles. The molecule has 3 saturated heterocycles. The molecule has 0 spiro atoms. The van der Waals surface area contributed by atoms with E-state index in [1.54, 1.807) is 24.3 Å². The Kier molecular flexibility index (Phi) is 9.62. The lowest BCUT2D eigenvalue weighted by molar-refractivity contribution is -0.277. The SMILES string of the molecule is O=c1c(-c2ccc(OC3OC(CO)C(O)C(O)C3O)cc2)coc2c(CN3CCCCC3)c(O)c(CN3CCCCC3)c(O)c12. The van der Waals surface area contributed by atoms with Crippen LogP contribution in [0.2, 0.25) is 0 Å². The first-order valence-corrected chi connectivity index (χ1v) is 15.8. The third kappa shape index (κ3) is 6.41. The quantitative estimate of drug-likeness (QED) is 0.215. The van der Waals surface area contributed by atoms with E-state index in [4.69, 9.17) is 13.9 Å². The van der Waals surface area contributed by atoms with Gasteiger partial charge in [0, 0.05) is 13.1 Å². The van der Waals surface area contributed by atoms with E-state index in [0.717, 1.165) is 64.7 Å². The Bertz CT molecular complexity index is 1530. The van der Waals surface area contributed by atoms with Gasteiger partial charge in [-0.1, -0.05) is 25.0 Å². The molecule has 3 aromatic rings. The summed E-state index contributed by atoms with van der Waals surface area (Å²) in [5.41, 5.74) is 1.27. The molecule has 12 nitrogen and oxygen atoms in total. The predicted molar refractivity (Wildman–Crippen MR) is 164 cm³/mol. The molecule has 0 amide bonds. The van der Waals surface area contributed by atoms with Gasteiger partial charge in [-0.05, 0) is 69.6 Å². The van der Waals surface area contributed by atoms with E-state index in [0.29, 0.717) is 29.8 Å². The minimum Gasteiger partial charge on any atom is -0.507 e. The van der Waals surface area contributed by atoms with Gasteiger partial charge >= 0.3 is 0 Å². The van der Waals surface area contributed by atoms with Crippen LogP contribution in [0.25, 0.3) is 22.1 Å². The van der Waals surface area contributed by atoms with Crippen molar-refractivity contribution < 1.29 is 44.5 Å². The molecule has 6 rings (SSSR count). The molecule has 5 unspecified atom stereocenters. The van der Waals surface area contributed by atoms with E-state index in [-0.39, 0.29) is 33.8 Å². The number of nitrogens with zero attached hydrogens (tertiary/aromatic N) is 2. The van der Waals surface area contributed by atoms with Crippen molar-refractivity contribution in [2.75, 3.05) is 32.8 Å². The van der Waals surface area contributed by atoms with Gasteiger partial charge in [0.2, 0.25) is 11.7 Å². The normalized spacial score (nSPS) is 26.7. The Morgan fingerprint density at radius 3 is 1.98 bits per heavy atom. The Balaban J connectivity index is 1.33. The number of piperidine rings is 2. The second-order valence-electron chi connectivity index (χ2n) is 12.4. The zero-order valence-corrected chi connectivity index (χ0v) is 25.2. The summed E-state index contributed by atoms with van der Waals surface area (Å²) < 4.78 is 17.2. The molecule has 0 radical (unpaired) electrons. The molecule has 0 bridgehead atoms. The summed E-state index contributed by atoms with van der Waals surface area (Å²) in [6.45, 7) is 3.61. The lowest BCUT2D eigenvalue weighted by Gasteiger charge is -2.39. The summed E-state index contributed by atoms with van der Waals surface area (Å²) in [6.07, 6.45) is 0.732. The van der Waals surface area contributed by atoms with Crippen molar-refractivity contribution in [3.63, 3.8) is 0 Å². The second-order valence-corrected chi connectivity index (χ2v) is 12.4. The molecule has 0 saturated carbocycles. The first-order valence-electron chi connectivity index (χ1n) is 15.8. The van der Waals surface area contributed by atoms with Gasteiger partial charge in [-0.15, -0.1) is 0 Å². The van der Waals surface area contributed by atoms with E-state index < -0.39 is 42.7 Å². The number of rotatable bonds is 8. The molecule has 2 aromatic carbocycles. The number of fused-ring (bicyclic) bond motifs is 1. The van der Waals surface area contributed by atoms with Crippen LogP contribution in [0.4, 0.5) is 0 Å². The largest absolute Gasteiger partial charge is 0.507 e. The fourth-order valence-corrected chi connectivity index (χ4v) is 6.65. The monoisotopic (exact) mass is 626 g/mol. The summed E-state index contributed by atoms with van der Waals surface area (Å²) in [6, 6.07) is 6.30. The van der Waals surface area contributed by atoms with Crippen molar-refractivity contribution in [3.05, 3.63) is 51.9 Å². The number of phenolic OH excluding ortho intramolecular Hbond substituents is 2. The van der Waals surface area contributed by atoms with Crippen molar-refractivity contribution in [2.45, 2.75) is 82.3 Å². The molecule has 1 aromatic heterocycles. The first-order chi connectivity index (χ1) is 21.8. The Labute approximate surface area is 260 Å². The number of aliphatic hydroxyl groups is 4. The number of benzene rings is 2. The lowest BCUT2D eigenvalue weighted by atomic mass is 9.97. The summed E-state index contributed by atoms with van der Waals surface area (Å²) in [4.78, 5) is 18.5. The van der Waals surface area contributed by atoms with E-state index >= 15 is 0 Å². The van der Waals surface area contributed by atoms with Crippen LogP contribution >= 0.6 is 0 Å². The highest BCUT2D eigenvalue weighted by Crippen LogP contribution is 2.41. The van der Waals surface area contributed by atoms with Gasteiger partial charge in [0.25, 0.3) is 0 Å². The van der Waals surface area contributed by atoms with Crippen LogP contribution in [0.1, 0.15) is 49.7 Å². The zero-order valence-electron chi connectivity index (χ0n) is 25.2. The van der Waals surface area contributed by atoms with Crippen molar-refractivity contribution in [1.29, 1.82) is 0 Å². The van der Waals surface area contributed by atoms with Crippen LogP contribution in [-0.2, 0) is 17.8 Å². The topological polar surface area (TPSA) is 177 Å². The fourth-order valence-electron chi connectivity index (χ4n) is 6.65. The maximum Gasteiger partial charge on any atom is 0.229 e. The number of aliphatic hydroxyl groups excluding tert-OH is 4. The fraction of sp³-hybridized carbons (Fsp3) is 0.545. The molecule has 3 fully saturated rings. The minimum absolute atomic E-state index is 0.0262. The van der Waals surface area contributed by atoms with Crippen molar-refractivity contribution in [2.24, 2.45) is 0 Å². The number of aromatic hydroxyl groups is 2. The van der Waals surface area contributed by atoms with E-state index in [1.807, 2.05) is 0 Å². The molecule has 6 N–H and O–H groups in total. The van der Waals surface area contributed by atoms with Crippen LogP contribution in [0.3, 0.4) is 0 Å². The van der Waals surface area contributed by atoms with Crippen molar-refractivity contribution in [1.82, 2.24) is 9.80 Å². The standard InChI is InChI=1S/C33H42N2O10/c36-17-24-29(40)30(41)31(42)33(45-24)44-20-9-7-19(8-10-20)23-18-43-32-22(16-35-13-5-2-6-14-35)26(37)21(27(38)25(32)28(23)39)15-34-11-3-1-4-12-34/h7-10,18,24,29-31,33,36-38,40-42H,1-6,11-17H2. The molecule has 244 valence electrons. The molecular weight excluding hydrogens is 584 g/mol. The maximum atomic E-state index is 14.0. The summed E-state index contributed by atoms with van der Waals surface area (Å²) in [5.74, 6) is -0.0518. The van der Waals surface area contributed by atoms with Gasteiger partial charge in [-0.25, -0.2) is 0 Å². The number of hydrogen-bond acceptors (Lipinski definition) is 12. The molecule has 3 aliphatic heterocycles. The molecule has 12 heteroatoms. The van der Waals surface area contributed by atoms with Crippen molar-refractivity contribution in [3.8, 4) is 28.4 Å². The Morgan fingerprint density at radius 1 is 0.778 bits per heavy atom. The van der Waals surface area contributed by atoms with Crippen LogP contribution in [0.5, 0.6) is 17.2 Å². The lowest BCUT2D eigenvalue weighted by Crippen LogP contribution is -2.60. The summed E-state index contributed by atoms with van der Waals surface area (Å²) in [7, 11) is 0. The molecule has 5 atom stereocenters. The van der Waals surface area contributed by atoms with Crippen LogP contribution < -0.4 is 10.2 Å². The third-order valence-electron chi connectivity index (χ3n) is 9.29. The highest BCUT2D eigenvalue weighted by molar-refractivity contribution is 5.92. The summed E-state index contributed by atoms with van der Waals surface area (Å²) in [5, 5.41) is 62.8. The molecular formula is C33H42N2O10.